The van der Waals surface area contributed by atoms with Crippen LogP contribution in [0, 0.1) is 5.92 Å². The summed E-state index contributed by atoms with van der Waals surface area (Å²) in [6, 6.07) is 0. The average molecular weight is 159 g/mol. The van der Waals surface area contributed by atoms with E-state index in [1.54, 1.807) is 0 Å². The number of rotatable bonds is 4. The Balaban J connectivity index is 0. The predicted molar refractivity (Wildman–Crippen MR) is 53.7 cm³/mol. The summed E-state index contributed by atoms with van der Waals surface area (Å²) in [4.78, 5) is 0. The molecule has 0 aliphatic carbocycles. The molecule has 0 bridgehead atoms. The fraction of sp³-hybridized carbons (Fsp3) is 1.00. The second-order valence-electron chi connectivity index (χ2n) is 3.06. The van der Waals surface area contributed by atoms with Crippen LogP contribution in [0.15, 0.2) is 0 Å². The molecule has 0 unspecified atom stereocenters. The van der Waals surface area contributed by atoms with Gasteiger partial charge in [0.2, 0.25) is 0 Å². The largest absolute Gasteiger partial charge is 0.331 e. The Morgan fingerprint density at radius 3 is 1.91 bits per heavy atom. The fourth-order valence-electron chi connectivity index (χ4n) is 0.757. The van der Waals surface area contributed by atoms with E-state index in [0.29, 0.717) is 0 Å². The molecule has 11 heavy (non-hydrogen) atoms. The lowest BCUT2D eigenvalue weighted by Gasteiger charge is -2.04. The van der Waals surface area contributed by atoms with Gasteiger partial charge in [-0.25, -0.2) is 0 Å². The second kappa shape index (κ2) is 12.6. The lowest BCUT2D eigenvalue weighted by molar-refractivity contribution is 0.492. The van der Waals surface area contributed by atoms with Crippen molar-refractivity contribution in [1.29, 1.82) is 0 Å². The number of nitrogens with two attached hydrogens (primary N) is 1. The maximum atomic E-state index is 4.85. The maximum absolute atomic E-state index is 4.85. The molecular weight excluding hydrogens is 134 g/mol. The quantitative estimate of drug-likeness (QED) is 0.670. The summed E-state index contributed by atoms with van der Waals surface area (Å²) in [5.74, 6) is 0.954. The number of hydrogen-bond donors (Lipinski definition) is 1. The van der Waals surface area contributed by atoms with E-state index in [2.05, 4.69) is 20.8 Å². The summed E-state index contributed by atoms with van der Waals surface area (Å²) in [6.07, 6.45) is 5.53. The van der Waals surface area contributed by atoms with Crippen molar-refractivity contribution in [3.63, 3.8) is 0 Å². The van der Waals surface area contributed by atoms with Gasteiger partial charge >= 0.3 is 0 Å². The van der Waals surface area contributed by atoms with Crippen LogP contribution in [0.25, 0.3) is 0 Å². The van der Waals surface area contributed by atoms with Gasteiger partial charge in [0, 0.05) is 0 Å². The molecule has 0 amide bonds. The Hall–Kier alpha value is -0.0400. The SMILES string of the molecule is CCCC[C@@H](C)CC.CCN. The van der Waals surface area contributed by atoms with Crippen LogP contribution in [-0.4, -0.2) is 6.54 Å². The van der Waals surface area contributed by atoms with Crippen molar-refractivity contribution in [2.75, 3.05) is 6.54 Å². The molecule has 0 aliphatic rings. The summed E-state index contributed by atoms with van der Waals surface area (Å²) >= 11 is 0. The molecule has 0 fully saturated rings. The molecule has 0 radical (unpaired) electrons. The van der Waals surface area contributed by atoms with Gasteiger partial charge in [0.15, 0.2) is 0 Å². The van der Waals surface area contributed by atoms with Gasteiger partial charge in [-0.15, -0.1) is 0 Å². The summed E-state index contributed by atoms with van der Waals surface area (Å²) < 4.78 is 0. The summed E-state index contributed by atoms with van der Waals surface area (Å²) in [5.41, 5.74) is 4.85. The number of unbranched alkanes of at least 4 members (excludes halogenated alkanes) is 1. The molecule has 0 rings (SSSR count). The highest BCUT2D eigenvalue weighted by Crippen LogP contribution is 2.09. The molecule has 0 aliphatic heterocycles. The van der Waals surface area contributed by atoms with Crippen molar-refractivity contribution in [3.05, 3.63) is 0 Å². The zero-order chi connectivity index (χ0) is 9.11. The normalized spacial score (nSPS) is 11.7. The van der Waals surface area contributed by atoms with Crippen LogP contribution in [0.4, 0.5) is 0 Å². The van der Waals surface area contributed by atoms with Gasteiger partial charge in [-0.05, 0) is 12.5 Å². The van der Waals surface area contributed by atoms with E-state index in [1.165, 1.54) is 25.7 Å². The number of hydrogen-bond acceptors (Lipinski definition) is 1. The third-order valence-corrected chi connectivity index (χ3v) is 1.75. The van der Waals surface area contributed by atoms with E-state index in [0.717, 1.165) is 12.5 Å². The maximum Gasteiger partial charge on any atom is -0.0106 e. The van der Waals surface area contributed by atoms with Crippen molar-refractivity contribution in [2.45, 2.75) is 53.4 Å². The van der Waals surface area contributed by atoms with Crippen LogP contribution in [0.3, 0.4) is 0 Å². The zero-order valence-corrected chi connectivity index (χ0v) is 8.69. The third-order valence-electron chi connectivity index (χ3n) is 1.75. The van der Waals surface area contributed by atoms with Gasteiger partial charge in [-0.3, -0.25) is 0 Å². The van der Waals surface area contributed by atoms with Crippen molar-refractivity contribution in [3.8, 4) is 0 Å². The van der Waals surface area contributed by atoms with E-state index in [1.807, 2.05) is 6.92 Å². The smallest absolute Gasteiger partial charge is 0.0106 e. The van der Waals surface area contributed by atoms with Gasteiger partial charge in [-0.2, -0.15) is 0 Å². The van der Waals surface area contributed by atoms with E-state index in [4.69, 9.17) is 5.73 Å². The summed E-state index contributed by atoms with van der Waals surface area (Å²) in [7, 11) is 0. The lowest BCUT2D eigenvalue weighted by atomic mass is 10.0. The molecule has 1 heteroatoms. The molecule has 0 spiro atoms. The molecule has 2 N–H and O–H groups in total. The molecule has 0 aromatic carbocycles. The van der Waals surface area contributed by atoms with Gasteiger partial charge in [0.1, 0.15) is 0 Å². The topological polar surface area (TPSA) is 26.0 Å². The molecule has 0 heterocycles. The van der Waals surface area contributed by atoms with Crippen LogP contribution in [0.2, 0.25) is 0 Å². The fourth-order valence-corrected chi connectivity index (χ4v) is 0.757. The van der Waals surface area contributed by atoms with E-state index < -0.39 is 0 Å². The predicted octanol–water partition coefficient (Wildman–Crippen LogP) is 3.19. The highest BCUT2D eigenvalue weighted by molar-refractivity contribution is 4.47. The van der Waals surface area contributed by atoms with Crippen LogP contribution >= 0.6 is 0 Å². The zero-order valence-electron chi connectivity index (χ0n) is 8.69. The molecule has 70 valence electrons. The van der Waals surface area contributed by atoms with Crippen molar-refractivity contribution in [1.82, 2.24) is 0 Å². The first-order valence-corrected chi connectivity index (χ1v) is 4.92. The standard InChI is InChI=1S/C8H18.C2H7N/c1-4-6-7-8(3)5-2;1-2-3/h8H,4-7H2,1-3H3;2-3H2,1H3/t8-;/m0./s1. The van der Waals surface area contributed by atoms with Crippen molar-refractivity contribution < 1.29 is 0 Å². The average Bonchev–Trinajstić information content (AvgIpc) is 2.02. The van der Waals surface area contributed by atoms with Crippen molar-refractivity contribution >= 4 is 0 Å². The van der Waals surface area contributed by atoms with E-state index in [9.17, 15) is 0 Å². The Kier molecular flexibility index (Phi) is 15.5. The van der Waals surface area contributed by atoms with Gasteiger partial charge in [-0.1, -0.05) is 53.4 Å². The highest BCUT2D eigenvalue weighted by atomic mass is 14.5. The van der Waals surface area contributed by atoms with Crippen LogP contribution < -0.4 is 5.73 Å². The van der Waals surface area contributed by atoms with Gasteiger partial charge in [0.25, 0.3) is 0 Å². The van der Waals surface area contributed by atoms with E-state index in [-0.39, 0.29) is 0 Å². The highest BCUT2D eigenvalue weighted by Gasteiger charge is 1.94. The first-order chi connectivity index (χ1) is 5.22. The molecule has 0 aromatic rings. The van der Waals surface area contributed by atoms with Crippen LogP contribution in [-0.2, 0) is 0 Å². The summed E-state index contributed by atoms with van der Waals surface area (Å²) in [6.45, 7) is 9.50. The minimum absolute atomic E-state index is 0.750. The van der Waals surface area contributed by atoms with Crippen LogP contribution in [0.1, 0.15) is 53.4 Å². The van der Waals surface area contributed by atoms with Gasteiger partial charge < -0.3 is 5.73 Å². The summed E-state index contributed by atoms with van der Waals surface area (Å²) in [5, 5.41) is 0. The monoisotopic (exact) mass is 159 g/mol. The van der Waals surface area contributed by atoms with Gasteiger partial charge in [0.05, 0.1) is 0 Å². The Bertz CT molecular complexity index is 52.8. The molecular formula is C10H25N. The third kappa shape index (κ3) is 17.8. The first kappa shape index (κ1) is 13.5. The van der Waals surface area contributed by atoms with Crippen LogP contribution in [0.5, 0.6) is 0 Å². The van der Waals surface area contributed by atoms with E-state index >= 15 is 0 Å². The Morgan fingerprint density at radius 1 is 1.18 bits per heavy atom. The molecule has 1 atom stereocenters. The second-order valence-corrected chi connectivity index (χ2v) is 3.06. The molecule has 0 aromatic heterocycles. The Morgan fingerprint density at radius 2 is 1.64 bits per heavy atom. The molecule has 1 nitrogen and oxygen atoms in total. The molecule has 0 saturated heterocycles. The minimum atomic E-state index is 0.750. The first-order valence-electron chi connectivity index (χ1n) is 4.92. The Labute approximate surface area is 72.4 Å². The van der Waals surface area contributed by atoms with Crippen molar-refractivity contribution in [2.24, 2.45) is 11.7 Å². The molecule has 0 saturated carbocycles. The minimum Gasteiger partial charge on any atom is -0.331 e. The lowest BCUT2D eigenvalue weighted by Crippen LogP contribution is -1.89.